The summed E-state index contributed by atoms with van der Waals surface area (Å²) in [6, 6.07) is 4.74. The van der Waals surface area contributed by atoms with E-state index < -0.39 is 11.8 Å². The van der Waals surface area contributed by atoms with Crippen LogP contribution in [0.2, 0.25) is 0 Å². The van der Waals surface area contributed by atoms with Crippen molar-refractivity contribution in [3.63, 3.8) is 0 Å². The molecule has 1 aliphatic heterocycles. The van der Waals surface area contributed by atoms with Crippen LogP contribution in [0.15, 0.2) is 18.2 Å². The average Bonchev–Trinajstić information content (AvgIpc) is 2.67. The molecule has 0 bridgehead atoms. The van der Waals surface area contributed by atoms with Crippen molar-refractivity contribution >= 4 is 17.7 Å². The maximum atomic E-state index is 13.8. The molecule has 0 aliphatic carbocycles. The third-order valence-corrected chi connectivity index (χ3v) is 4.21. The largest absolute Gasteiger partial charge is 0.465 e. The lowest BCUT2D eigenvalue weighted by Crippen LogP contribution is -2.25. The highest BCUT2D eigenvalue weighted by Gasteiger charge is 2.14. The summed E-state index contributed by atoms with van der Waals surface area (Å²) in [6.07, 6.45) is 1.17. The number of thioether (sulfide) groups is 1. The SMILES string of the molecule is COC(=O)c1ccc(CN2CCCSCC2)cc1F. The van der Waals surface area contributed by atoms with E-state index in [4.69, 9.17) is 0 Å². The molecule has 0 saturated carbocycles. The van der Waals surface area contributed by atoms with Gasteiger partial charge in [0.05, 0.1) is 12.7 Å². The maximum Gasteiger partial charge on any atom is 0.340 e. The smallest absolute Gasteiger partial charge is 0.340 e. The highest BCUT2D eigenvalue weighted by molar-refractivity contribution is 7.99. The number of hydrogen-bond donors (Lipinski definition) is 0. The highest BCUT2D eigenvalue weighted by atomic mass is 32.2. The Morgan fingerprint density at radius 2 is 2.26 bits per heavy atom. The molecule has 1 aliphatic rings. The lowest BCUT2D eigenvalue weighted by atomic mass is 10.1. The van der Waals surface area contributed by atoms with E-state index in [1.54, 1.807) is 6.07 Å². The molecule has 0 amide bonds. The van der Waals surface area contributed by atoms with Crippen molar-refractivity contribution in [1.82, 2.24) is 4.90 Å². The summed E-state index contributed by atoms with van der Waals surface area (Å²) in [5, 5.41) is 0. The molecule has 0 aromatic heterocycles. The van der Waals surface area contributed by atoms with Crippen molar-refractivity contribution in [3.05, 3.63) is 35.1 Å². The van der Waals surface area contributed by atoms with E-state index >= 15 is 0 Å². The Balaban J connectivity index is 2.04. The van der Waals surface area contributed by atoms with Gasteiger partial charge in [0.2, 0.25) is 0 Å². The fourth-order valence-electron chi connectivity index (χ4n) is 2.15. The quantitative estimate of drug-likeness (QED) is 0.797. The minimum Gasteiger partial charge on any atom is -0.465 e. The van der Waals surface area contributed by atoms with Crippen molar-refractivity contribution < 1.29 is 13.9 Å². The summed E-state index contributed by atoms with van der Waals surface area (Å²) in [5.74, 6) is 1.19. The van der Waals surface area contributed by atoms with Gasteiger partial charge < -0.3 is 4.74 Å². The molecule has 2 rings (SSSR count). The van der Waals surface area contributed by atoms with Gasteiger partial charge in [0.15, 0.2) is 0 Å². The average molecular weight is 283 g/mol. The minimum atomic E-state index is -0.629. The number of carbonyl (C=O) groups is 1. The predicted molar refractivity (Wildman–Crippen MR) is 75.0 cm³/mol. The Morgan fingerprint density at radius 1 is 1.42 bits per heavy atom. The van der Waals surface area contributed by atoms with Crippen molar-refractivity contribution in [2.24, 2.45) is 0 Å². The summed E-state index contributed by atoms with van der Waals surface area (Å²) in [6.45, 7) is 2.82. The van der Waals surface area contributed by atoms with Crippen LogP contribution < -0.4 is 0 Å². The minimum absolute atomic E-state index is 0.00216. The molecule has 1 fully saturated rings. The fraction of sp³-hybridized carbons (Fsp3) is 0.500. The van der Waals surface area contributed by atoms with Crippen LogP contribution in [0.25, 0.3) is 0 Å². The number of esters is 1. The number of ether oxygens (including phenoxy) is 1. The fourth-order valence-corrected chi connectivity index (χ4v) is 3.07. The molecule has 1 aromatic carbocycles. The van der Waals surface area contributed by atoms with Crippen LogP contribution in [-0.4, -0.2) is 42.6 Å². The monoisotopic (exact) mass is 283 g/mol. The summed E-state index contributed by atoms with van der Waals surface area (Å²) >= 11 is 1.97. The lowest BCUT2D eigenvalue weighted by molar-refractivity contribution is 0.0595. The molecule has 1 saturated heterocycles. The zero-order valence-electron chi connectivity index (χ0n) is 11.0. The molecule has 0 unspecified atom stereocenters. The normalized spacial score (nSPS) is 16.9. The third kappa shape index (κ3) is 3.94. The van der Waals surface area contributed by atoms with Crippen LogP contribution in [0, 0.1) is 5.82 Å². The first kappa shape index (κ1) is 14.3. The van der Waals surface area contributed by atoms with Gasteiger partial charge in [0, 0.05) is 18.8 Å². The summed E-state index contributed by atoms with van der Waals surface area (Å²) in [7, 11) is 1.25. The van der Waals surface area contributed by atoms with E-state index in [2.05, 4.69) is 9.64 Å². The van der Waals surface area contributed by atoms with Crippen molar-refractivity contribution in [1.29, 1.82) is 0 Å². The van der Waals surface area contributed by atoms with E-state index in [1.165, 1.54) is 31.4 Å². The Bertz CT molecular complexity index is 445. The number of carbonyl (C=O) groups excluding carboxylic acids is 1. The van der Waals surface area contributed by atoms with Crippen molar-refractivity contribution in [2.75, 3.05) is 31.7 Å². The molecule has 19 heavy (non-hydrogen) atoms. The molecule has 0 N–H and O–H groups in total. The van der Waals surface area contributed by atoms with Crippen molar-refractivity contribution in [2.45, 2.75) is 13.0 Å². The van der Waals surface area contributed by atoms with Crippen LogP contribution >= 0.6 is 11.8 Å². The molecule has 3 nitrogen and oxygen atoms in total. The van der Waals surface area contributed by atoms with Crippen LogP contribution in [0.3, 0.4) is 0 Å². The number of benzene rings is 1. The van der Waals surface area contributed by atoms with E-state index in [1.807, 2.05) is 11.8 Å². The highest BCUT2D eigenvalue weighted by Crippen LogP contribution is 2.16. The zero-order chi connectivity index (χ0) is 13.7. The van der Waals surface area contributed by atoms with Gasteiger partial charge >= 0.3 is 5.97 Å². The van der Waals surface area contributed by atoms with E-state index in [-0.39, 0.29) is 5.56 Å². The van der Waals surface area contributed by atoms with Gasteiger partial charge in [0.1, 0.15) is 5.82 Å². The van der Waals surface area contributed by atoms with Crippen LogP contribution in [0.1, 0.15) is 22.3 Å². The van der Waals surface area contributed by atoms with Gasteiger partial charge in [-0.25, -0.2) is 9.18 Å². The molecule has 0 atom stereocenters. The standard InChI is InChI=1S/C14H18FNO2S/c1-18-14(17)12-4-3-11(9-13(12)15)10-16-5-2-7-19-8-6-16/h3-4,9H,2,5-8,10H2,1H3. The number of nitrogens with zero attached hydrogens (tertiary/aromatic N) is 1. The Hall–Kier alpha value is -1.07. The Labute approximate surface area is 117 Å². The molecular weight excluding hydrogens is 265 g/mol. The maximum absolute atomic E-state index is 13.8. The Morgan fingerprint density at radius 3 is 3.00 bits per heavy atom. The van der Waals surface area contributed by atoms with Gasteiger partial charge in [-0.1, -0.05) is 6.07 Å². The topological polar surface area (TPSA) is 29.5 Å². The first-order chi connectivity index (χ1) is 9.20. The second-order valence-electron chi connectivity index (χ2n) is 4.55. The number of methoxy groups -OCH3 is 1. The first-order valence-corrected chi connectivity index (χ1v) is 7.53. The molecule has 1 heterocycles. The van der Waals surface area contributed by atoms with Gasteiger partial charge in [0.25, 0.3) is 0 Å². The molecule has 5 heteroatoms. The van der Waals surface area contributed by atoms with Gasteiger partial charge in [-0.2, -0.15) is 11.8 Å². The van der Waals surface area contributed by atoms with Crippen LogP contribution in [-0.2, 0) is 11.3 Å². The third-order valence-electron chi connectivity index (χ3n) is 3.16. The number of hydrogen-bond acceptors (Lipinski definition) is 4. The summed E-state index contributed by atoms with van der Waals surface area (Å²) in [4.78, 5) is 13.6. The predicted octanol–water partition coefficient (Wildman–Crippen LogP) is 2.55. The molecule has 104 valence electrons. The van der Waals surface area contributed by atoms with Crippen LogP contribution in [0.5, 0.6) is 0 Å². The summed E-state index contributed by atoms with van der Waals surface area (Å²) < 4.78 is 18.3. The number of halogens is 1. The van der Waals surface area contributed by atoms with E-state index in [0.717, 1.165) is 31.0 Å². The zero-order valence-corrected chi connectivity index (χ0v) is 11.8. The summed E-state index contributed by atoms with van der Waals surface area (Å²) in [5.41, 5.74) is 0.898. The van der Waals surface area contributed by atoms with Gasteiger partial charge in [-0.15, -0.1) is 0 Å². The molecular formula is C14H18FNO2S. The number of rotatable bonds is 3. The van der Waals surface area contributed by atoms with E-state index in [9.17, 15) is 9.18 Å². The second kappa shape index (κ2) is 6.91. The van der Waals surface area contributed by atoms with Gasteiger partial charge in [-0.05, 0) is 36.4 Å². The van der Waals surface area contributed by atoms with Crippen LogP contribution in [0.4, 0.5) is 4.39 Å². The second-order valence-corrected chi connectivity index (χ2v) is 5.77. The lowest BCUT2D eigenvalue weighted by Gasteiger charge is -2.19. The van der Waals surface area contributed by atoms with E-state index in [0.29, 0.717) is 0 Å². The molecule has 0 spiro atoms. The molecule has 0 radical (unpaired) electrons. The molecule has 1 aromatic rings. The van der Waals surface area contributed by atoms with Crippen molar-refractivity contribution in [3.8, 4) is 0 Å². The first-order valence-electron chi connectivity index (χ1n) is 6.37. The Kier molecular flexibility index (Phi) is 5.22. The van der Waals surface area contributed by atoms with Gasteiger partial charge in [-0.3, -0.25) is 4.90 Å².